The van der Waals surface area contributed by atoms with E-state index in [4.69, 9.17) is 0 Å². The third-order valence-electron chi connectivity index (χ3n) is 4.35. The van der Waals surface area contributed by atoms with Crippen LogP contribution in [0.1, 0.15) is 95.9 Å². The van der Waals surface area contributed by atoms with Crippen molar-refractivity contribution in [1.82, 2.24) is 0 Å². The standard InChI is InChI=1S/C21H45P2.Rh/c1-18(2,3)22(19(4,5)6)16-14-13-15-17-23(20(7,8)9)21(10,11)12;/h13H,14-17H2,1-12H3;/q-1;. The molecule has 0 aliphatic rings. The molecule has 0 nitrogen and oxygen atoms in total. The van der Waals surface area contributed by atoms with E-state index in [2.05, 4.69) is 89.5 Å². The average molecular weight is 462 g/mol. The Morgan fingerprint density at radius 1 is 0.500 bits per heavy atom. The molecule has 0 fully saturated rings. The summed E-state index contributed by atoms with van der Waals surface area (Å²) >= 11 is 0. The maximum Gasteiger partial charge on any atom is 0 e. The van der Waals surface area contributed by atoms with Crippen molar-refractivity contribution in [2.45, 2.75) is 117 Å². The van der Waals surface area contributed by atoms with Crippen LogP contribution in [0.15, 0.2) is 0 Å². The van der Waals surface area contributed by atoms with Crippen LogP contribution in [0.4, 0.5) is 0 Å². The van der Waals surface area contributed by atoms with Gasteiger partial charge in [0, 0.05) is 19.5 Å². The van der Waals surface area contributed by atoms with Crippen LogP contribution < -0.4 is 0 Å². The second kappa shape index (κ2) is 10.1. The Labute approximate surface area is 170 Å². The monoisotopic (exact) mass is 462 g/mol. The molecule has 0 amide bonds. The first-order valence-corrected chi connectivity index (χ1v) is 12.4. The van der Waals surface area contributed by atoms with Gasteiger partial charge in [-0.2, -0.15) is 12.8 Å². The van der Waals surface area contributed by atoms with Crippen molar-refractivity contribution in [2.24, 2.45) is 0 Å². The summed E-state index contributed by atoms with van der Waals surface area (Å²) in [4.78, 5) is 0. The summed E-state index contributed by atoms with van der Waals surface area (Å²) in [6, 6.07) is 0. The third kappa shape index (κ3) is 10.6. The van der Waals surface area contributed by atoms with Crippen molar-refractivity contribution in [2.75, 3.05) is 12.3 Å². The van der Waals surface area contributed by atoms with E-state index < -0.39 is 0 Å². The van der Waals surface area contributed by atoms with E-state index in [0.29, 0.717) is 20.6 Å². The van der Waals surface area contributed by atoms with Gasteiger partial charge in [0.15, 0.2) is 0 Å². The van der Waals surface area contributed by atoms with E-state index in [1.807, 2.05) is 0 Å². The van der Waals surface area contributed by atoms with Gasteiger partial charge in [-0.1, -0.05) is 111 Å². The molecule has 24 heavy (non-hydrogen) atoms. The van der Waals surface area contributed by atoms with Crippen LogP contribution in [0.25, 0.3) is 0 Å². The van der Waals surface area contributed by atoms with Crippen LogP contribution in [0.2, 0.25) is 0 Å². The van der Waals surface area contributed by atoms with Gasteiger partial charge in [0.05, 0.1) is 0 Å². The van der Waals surface area contributed by atoms with Gasteiger partial charge >= 0.3 is 0 Å². The summed E-state index contributed by atoms with van der Waals surface area (Å²) in [6.07, 6.45) is 7.99. The molecule has 0 unspecified atom stereocenters. The quantitative estimate of drug-likeness (QED) is 0.162. The van der Waals surface area contributed by atoms with Crippen LogP contribution in [-0.4, -0.2) is 32.9 Å². The first-order valence-electron chi connectivity index (χ1n) is 9.34. The molecule has 1 radical (unpaired) electrons. The number of rotatable bonds is 6. The molecule has 3 heteroatoms. The number of hydrogen-bond donors (Lipinski definition) is 0. The Hall–Kier alpha value is 1.48. The second-order valence-electron chi connectivity index (χ2n) is 10.9. The van der Waals surface area contributed by atoms with E-state index in [0.717, 1.165) is 0 Å². The maximum atomic E-state index is 2.60. The fraction of sp³-hybridized carbons (Fsp3) is 0.952. The molecule has 0 aliphatic carbocycles. The SMILES string of the molecule is CC(C)(C)P(CC[CH-]CCP(C(C)(C)C)C(C)(C)C)C(C)(C)C.[Rh]. The molecule has 0 rings (SSSR count). The summed E-state index contributed by atoms with van der Waals surface area (Å²) in [5.41, 5.74) is 0. The van der Waals surface area contributed by atoms with Crippen molar-refractivity contribution >= 4 is 15.8 Å². The van der Waals surface area contributed by atoms with E-state index in [1.54, 1.807) is 0 Å². The van der Waals surface area contributed by atoms with E-state index in [9.17, 15) is 0 Å². The van der Waals surface area contributed by atoms with Crippen LogP contribution in [0, 0.1) is 6.42 Å². The van der Waals surface area contributed by atoms with Gasteiger partial charge in [-0.3, -0.25) is 0 Å². The van der Waals surface area contributed by atoms with Crippen molar-refractivity contribution in [3.8, 4) is 0 Å². The smallest absolute Gasteiger partial charge is 0 e. The molecule has 0 spiro atoms. The van der Waals surface area contributed by atoms with E-state index in [1.165, 1.54) is 25.2 Å². The maximum absolute atomic E-state index is 2.60. The van der Waals surface area contributed by atoms with E-state index in [-0.39, 0.29) is 35.3 Å². The van der Waals surface area contributed by atoms with Crippen LogP contribution >= 0.6 is 15.8 Å². The fourth-order valence-corrected chi connectivity index (χ4v) is 11.5. The molecule has 0 bridgehead atoms. The zero-order chi connectivity index (χ0) is 18.7. The number of hydrogen-bond acceptors (Lipinski definition) is 0. The molecule has 0 atom stereocenters. The van der Waals surface area contributed by atoms with Crippen molar-refractivity contribution < 1.29 is 19.5 Å². The Kier molecular flexibility index (Phi) is 11.7. The van der Waals surface area contributed by atoms with Crippen molar-refractivity contribution in [3.63, 3.8) is 0 Å². The number of unbranched alkanes of at least 4 members (excludes halogenated alkanes) is 2. The molecular weight excluding hydrogens is 417 g/mol. The zero-order valence-electron chi connectivity index (χ0n) is 18.6. The largest absolute Gasteiger partial charge is 0.328 e. The Morgan fingerprint density at radius 3 is 0.875 bits per heavy atom. The second-order valence-corrected chi connectivity index (χ2v) is 18.8. The van der Waals surface area contributed by atoms with Gasteiger partial charge in [0.25, 0.3) is 0 Å². The van der Waals surface area contributed by atoms with Gasteiger partial charge < -0.3 is 6.42 Å². The normalized spacial score (nSPS) is 14.2. The van der Waals surface area contributed by atoms with Crippen molar-refractivity contribution in [1.29, 1.82) is 0 Å². The molecular formula is C21H45P2Rh-. The fourth-order valence-electron chi connectivity index (χ4n) is 3.94. The Morgan fingerprint density at radius 2 is 0.708 bits per heavy atom. The minimum absolute atomic E-state index is 0. The van der Waals surface area contributed by atoms with Gasteiger partial charge in [0.2, 0.25) is 0 Å². The third-order valence-corrected chi connectivity index (χ3v) is 12.2. The molecule has 149 valence electrons. The Balaban J connectivity index is 0. The van der Waals surface area contributed by atoms with Gasteiger partial charge in [0.1, 0.15) is 0 Å². The Bertz CT molecular complexity index is 275. The van der Waals surface area contributed by atoms with Crippen molar-refractivity contribution in [3.05, 3.63) is 6.42 Å². The first-order chi connectivity index (χ1) is 9.97. The van der Waals surface area contributed by atoms with Gasteiger partial charge in [-0.05, 0) is 20.6 Å². The molecule has 0 heterocycles. The van der Waals surface area contributed by atoms with Crippen LogP contribution in [0.5, 0.6) is 0 Å². The topological polar surface area (TPSA) is 0 Å². The summed E-state index contributed by atoms with van der Waals surface area (Å²) < 4.78 is 0. The van der Waals surface area contributed by atoms with Gasteiger partial charge in [-0.25, -0.2) is 0 Å². The predicted octanol–water partition coefficient (Wildman–Crippen LogP) is 8.13. The zero-order valence-corrected chi connectivity index (χ0v) is 22.1. The average Bonchev–Trinajstić information content (AvgIpc) is 2.19. The van der Waals surface area contributed by atoms with E-state index >= 15 is 0 Å². The summed E-state index contributed by atoms with van der Waals surface area (Å²) in [5.74, 6) is 0. The molecule has 0 N–H and O–H groups in total. The summed E-state index contributed by atoms with van der Waals surface area (Å²) in [5, 5.41) is 1.85. The van der Waals surface area contributed by atoms with Crippen LogP contribution in [-0.2, 0) is 19.5 Å². The first kappa shape index (κ1) is 27.7. The minimum atomic E-state index is 0. The minimum Gasteiger partial charge on any atom is -0.328 e. The summed E-state index contributed by atoms with van der Waals surface area (Å²) in [7, 11) is 0.108. The molecule has 0 saturated carbocycles. The molecule has 0 saturated heterocycles. The summed E-state index contributed by atoms with van der Waals surface area (Å²) in [6.45, 7) is 29.2. The molecule has 0 aromatic heterocycles. The molecule has 0 aromatic carbocycles. The molecule has 0 aliphatic heterocycles. The van der Waals surface area contributed by atoms with Gasteiger partial charge in [-0.15, -0.1) is 0 Å². The van der Waals surface area contributed by atoms with Crippen LogP contribution in [0.3, 0.4) is 0 Å². The molecule has 0 aromatic rings. The predicted molar refractivity (Wildman–Crippen MR) is 116 cm³/mol.